The molecule has 2 heteroatoms. The highest BCUT2D eigenvalue weighted by Crippen LogP contribution is 2.31. The molecule has 0 atom stereocenters. The van der Waals surface area contributed by atoms with Crippen LogP contribution in [0.2, 0.25) is 0 Å². The second-order valence-electron chi connectivity index (χ2n) is 6.56. The van der Waals surface area contributed by atoms with Crippen LogP contribution < -0.4 is 5.32 Å². The van der Waals surface area contributed by atoms with Gasteiger partial charge in [-0.25, -0.2) is 0 Å². The summed E-state index contributed by atoms with van der Waals surface area (Å²) in [7, 11) is 0. The van der Waals surface area contributed by atoms with Gasteiger partial charge in [0, 0.05) is 17.1 Å². The van der Waals surface area contributed by atoms with E-state index in [-0.39, 0.29) is 0 Å². The molecule has 1 aromatic heterocycles. The van der Waals surface area contributed by atoms with Gasteiger partial charge in [0.2, 0.25) is 0 Å². The first-order valence-corrected chi connectivity index (χ1v) is 8.65. The second-order valence-corrected chi connectivity index (χ2v) is 6.56. The summed E-state index contributed by atoms with van der Waals surface area (Å²) >= 11 is 0. The first-order valence-electron chi connectivity index (χ1n) is 8.65. The van der Waals surface area contributed by atoms with Crippen molar-refractivity contribution in [1.29, 1.82) is 0 Å². The van der Waals surface area contributed by atoms with Crippen molar-refractivity contribution in [3.63, 3.8) is 0 Å². The summed E-state index contributed by atoms with van der Waals surface area (Å²) in [5.41, 5.74) is 6.25. The normalized spacial score (nSPS) is 11.3. The third kappa shape index (κ3) is 3.58. The van der Waals surface area contributed by atoms with Crippen LogP contribution >= 0.6 is 0 Å². The predicted molar refractivity (Wildman–Crippen MR) is 101 cm³/mol. The van der Waals surface area contributed by atoms with Crippen molar-refractivity contribution in [2.24, 2.45) is 0 Å². The number of hydrogen-bond acceptors (Lipinski definition) is 1. The zero-order chi connectivity index (χ0) is 16.2. The van der Waals surface area contributed by atoms with Gasteiger partial charge in [-0.05, 0) is 56.0 Å². The molecule has 23 heavy (non-hydrogen) atoms. The van der Waals surface area contributed by atoms with Gasteiger partial charge in [0.05, 0.1) is 11.2 Å². The molecule has 0 bridgehead atoms. The van der Waals surface area contributed by atoms with E-state index in [1.54, 1.807) is 0 Å². The van der Waals surface area contributed by atoms with Crippen LogP contribution in [-0.2, 0) is 6.42 Å². The summed E-state index contributed by atoms with van der Waals surface area (Å²) in [6.45, 7) is 6.62. The van der Waals surface area contributed by atoms with Gasteiger partial charge in [-0.3, -0.25) is 0 Å². The number of hydrogen-bond donors (Lipinski definition) is 2. The van der Waals surface area contributed by atoms with Gasteiger partial charge in [-0.2, -0.15) is 0 Å². The van der Waals surface area contributed by atoms with E-state index in [9.17, 15) is 0 Å². The van der Waals surface area contributed by atoms with Crippen LogP contribution in [0, 0.1) is 0 Å². The van der Waals surface area contributed by atoms with Crippen molar-refractivity contribution in [3.05, 3.63) is 54.1 Å². The minimum Gasteiger partial charge on any atom is -0.381 e. The topological polar surface area (TPSA) is 27.8 Å². The standard InChI is InChI=1S/C21H26N2/c1-4-5-9-16-12-18-14-19(17-10-7-6-8-11-17)23-21(18)20(13-16)22-15(2)3/h6-8,10-15,22-23H,4-5,9H2,1-3H3. The van der Waals surface area contributed by atoms with Crippen LogP contribution in [0.4, 0.5) is 5.69 Å². The first-order chi connectivity index (χ1) is 11.2. The van der Waals surface area contributed by atoms with E-state index < -0.39 is 0 Å². The van der Waals surface area contributed by atoms with Crippen molar-refractivity contribution < 1.29 is 0 Å². The fourth-order valence-electron chi connectivity index (χ4n) is 3.03. The highest BCUT2D eigenvalue weighted by atomic mass is 14.9. The lowest BCUT2D eigenvalue weighted by Crippen LogP contribution is -2.10. The molecule has 0 saturated carbocycles. The van der Waals surface area contributed by atoms with Gasteiger partial charge in [0.1, 0.15) is 0 Å². The molecule has 2 aromatic carbocycles. The molecule has 0 unspecified atom stereocenters. The lowest BCUT2D eigenvalue weighted by molar-refractivity contribution is 0.795. The monoisotopic (exact) mass is 306 g/mol. The summed E-state index contributed by atoms with van der Waals surface area (Å²) < 4.78 is 0. The molecule has 0 spiro atoms. The molecule has 0 aliphatic rings. The number of aromatic nitrogens is 1. The number of aromatic amines is 1. The smallest absolute Gasteiger partial charge is 0.0694 e. The number of aryl methyl sites for hydroxylation is 1. The van der Waals surface area contributed by atoms with Gasteiger partial charge in [-0.15, -0.1) is 0 Å². The van der Waals surface area contributed by atoms with Crippen LogP contribution in [0.25, 0.3) is 22.2 Å². The fourth-order valence-corrected chi connectivity index (χ4v) is 3.03. The summed E-state index contributed by atoms with van der Waals surface area (Å²) in [5.74, 6) is 0. The molecule has 0 fully saturated rings. The van der Waals surface area contributed by atoms with Gasteiger partial charge < -0.3 is 10.3 Å². The quantitative estimate of drug-likeness (QED) is 0.574. The van der Waals surface area contributed by atoms with E-state index >= 15 is 0 Å². The molecule has 3 aromatic rings. The molecule has 0 aliphatic carbocycles. The average molecular weight is 306 g/mol. The largest absolute Gasteiger partial charge is 0.381 e. The minimum absolute atomic E-state index is 0.420. The van der Waals surface area contributed by atoms with Crippen molar-refractivity contribution in [2.45, 2.75) is 46.1 Å². The fraction of sp³-hybridized carbons (Fsp3) is 0.333. The maximum atomic E-state index is 3.61. The van der Waals surface area contributed by atoms with Gasteiger partial charge in [-0.1, -0.05) is 43.7 Å². The third-order valence-corrected chi connectivity index (χ3v) is 4.14. The Morgan fingerprint density at radius 3 is 2.52 bits per heavy atom. The maximum absolute atomic E-state index is 3.61. The number of nitrogens with one attached hydrogen (secondary N) is 2. The molecule has 1 heterocycles. The van der Waals surface area contributed by atoms with Gasteiger partial charge >= 0.3 is 0 Å². The summed E-state index contributed by atoms with van der Waals surface area (Å²) in [6, 6.07) is 17.9. The minimum atomic E-state index is 0.420. The zero-order valence-electron chi connectivity index (χ0n) is 14.3. The maximum Gasteiger partial charge on any atom is 0.0694 e. The molecular weight excluding hydrogens is 280 g/mol. The summed E-state index contributed by atoms with van der Waals surface area (Å²) in [4.78, 5) is 3.61. The highest BCUT2D eigenvalue weighted by molar-refractivity contribution is 5.95. The Balaban J connectivity index is 2.07. The Morgan fingerprint density at radius 1 is 1.04 bits per heavy atom. The van der Waals surface area contributed by atoms with Crippen molar-refractivity contribution in [3.8, 4) is 11.3 Å². The molecule has 2 nitrogen and oxygen atoms in total. The summed E-state index contributed by atoms with van der Waals surface area (Å²) in [6.07, 6.45) is 3.61. The Labute approximate surface area is 138 Å². The predicted octanol–water partition coefficient (Wildman–Crippen LogP) is 6.00. The average Bonchev–Trinajstić information content (AvgIpc) is 2.97. The molecule has 0 radical (unpaired) electrons. The Hall–Kier alpha value is -2.22. The molecule has 0 amide bonds. The lowest BCUT2D eigenvalue weighted by Gasteiger charge is -2.13. The van der Waals surface area contributed by atoms with Crippen molar-refractivity contribution in [1.82, 2.24) is 4.98 Å². The number of unbranched alkanes of at least 4 members (excludes halogenated alkanes) is 1. The van der Waals surface area contributed by atoms with Gasteiger partial charge in [0.25, 0.3) is 0 Å². The highest BCUT2D eigenvalue weighted by Gasteiger charge is 2.10. The van der Waals surface area contributed by atoms with Crippen LogP contribution in [0.15, 0.2) is 48.5 Å². The Kier molecular flexibility index (Phi) is 4.71. The third-order valence-electron chi connectivity index (χ3n) is 4.14. The zero-order valence-corrected chi connectivity index (χ0v) is 14.3. The van der Waals surface area contributed by atoms with Crippen LogP contribution in [0.1, 0.15) is 39.2 Å². The lowest BCUT2D eigenvalue weighted by atomic mass is 10.0. The molecular formula is C21H26N2. The molecule has 0 saturated heterocycles. The van der Waals surface area contributed by atoms with Crippen LogP contribution in [-0.4, -0.2) is 11.0 Å². The second kappa shape index (κ2) is 6.91. The summed E-state index contributed by atoms with van der Waals surface area (Å²) in [5, 5.41) is 4.89. The van der Waals surface area contributed by atoms with Crippen molar-refractivity contribution in [2.75, 3.05) is 5.32 Å². The van der Waals surface area contributed by atoms with Crippen LogP contribution in [0.3, 0.4) is 0 Å². The first kappa shape index (κ1) is 15.7. The number of benzene rings is 2. The van der Waals surface area contributed by atoms with E-state index in [0.29, 0.717) is 6.04 Å². The van der Waals surface area contributed by atoms with E-state index in [1.807, 2.05) is 0 Å². The Morgan fingerprint density at radius 2 is 1.83 bits per heavy atom. The molecule has 120 valence electrons. The van der Waals surface area contributed by atoms with Gasteiger partial charge in [0.15, 0.2) is 0 Å². The molecule has 3 rings (SSSR count). The number of H-pyrrole nitrogens is 1. The van der Waals surface area contributed by atoms with Crippen LogP contribution in [0.5, 0.6) is 0 Å². The van der Waals surface area contributed by atoms with Crippen molar-refractivity contribution >= 4 is 16.6 Å². The SMILES string of the molecule is CCCCc1cc(NC(C)C)c2[nH]c(-c3ccccc3)cc2c1. The Bertz CT molecular complexity index is 769. The number of fused-ring (bicyclic) bond motifs is 1. The van der Waals surface area contributed by atoms with E-state index in [0.717, 1.165) is 6.42 Å². The number of rotatable bonds is 6. The van der Waals surface area contributed by atoms with E-state index in [2.05, 4.69) is 79.6 Å². The van der Waals surface area contributed by atoms with E-state index in [1.165, 1.54) is 46.3 Å². The van der Waals surface area contributed by atoms with E-state index in [4.69, 9.17) is 0 Å². The molecule has 0 aliphatic heterocycles. The molecule has 2 N–H and O–H groups in total. The number of anilines is 1.